The van der Waals surface area contributed by atoms with Gasteiger partial charge in [0.05, 0.1) is 0 Å². The molecule has 0 bridgehead atoms. The molecule has 0 heterocycles. The third-order valence-electron chi connectivity index (χ3n) is 0.500. The molecule has 0 aromatic heterocycles. The van der Waals surface area contributed by atoms with E-state index in [0.29, 0.717) is 0 Å². The first kappa shape index (κ1) is 10.6. The number of hydrogen-bond donors (Lipinski definition) is 1. The summed E-state index contributed by atoms with van der Waals surface area (Å²) in [5.74, 6) is -0.333. The highest BCUT2D eigenvalue weighted by Gasteiger charge is 1.61. The van der Waals surface area contributed by atoms with Gasteiger partial charge < -0.3 is 5.73 Å². The van der Waals surface area contributed by atoms with Crippen molar-refractivity contribution >= 4 is 16.1 Å². The molecule has 3 heteroatoms. The minimum atomic E-state index is -0.333. The van der Waals surface area contributed by atoms with Gasteiger partial charge in [-0.05, 0) is 0 Å². The Hall–Kier alpha value is -0.313. The van der Waals surface area contributed by atoms with Crippen LogP contribution in [0.25, 0.3) is 0 Å². The second-order valence-corrected chi connectivity index (χ2v) is 2.61. The number of primary amides is 1. The van der Waals surface area contributed by atoms with Crippen LogP contribution in [0.1, 0.15) is 20.3 Å². The van der Waals surface area contributed by atoms with E-state index in [2.05, 4.69) is 12.7 Å². The lowest BCUT2D eigenvalue weighted by molar-refractivity contribution is -0.115. The number of nitrogens with two attached hydrogens (primary N) is 1. The van der Waals surface area contributed by atoms with Crippen LogP contribution in [0.4, 0.5) is 0 Å². The largest absolute Gasteiger partial charge is 0.370 e. The zero-order chi connectivity index (χ0) is 6.99. The summed E-state index contributed by atoms with van der Waals surface area (Å²) in [5, 5.41) is 0. The van der Waals surface area contributed by atoms with Crippen LogP contribution in [0.5, 0.6) is 0 Å². The fourth-order valence-electron chi connectivity index (χ4n) is 0. The molecule has 0 aliphatic heterocycles. The fraction of sp³-hybridized carbons (Fsp3) is 0.800. The summed E-state index contributed by atoms with van der Waals surface area (Å²) in [6.07, 6.45) is 1.38. The summed E-state index contributed by atoms with van der Waals surface area (Å²) in [7, 11) is 1.39. The van der Waals surface area contributed by atoms with Crippen LogP contribution in [0.15, 0.2) is 0 Å². The zero-order valence-electron chi connectivity index (χ0n) is 5.90. The van der Waals surface area contributed by atoms with Crippen molar-refractivity contribution in [2.45, 2.75) is 26.3 Å². The van der Waals surface area contributed by atoms with Gasteiger partial charge in [0.25, 0.3) is 0 Å². The second kappa shape index (κ2) is 9.84. The number of rotatable bonds is 1. The molecule has 50 valence electrons. The highest BCUT2D eigenvalue weighted by atomic mass is 28.1. The molecule has 0 unspecified atom stereocenters. The number of amides is 1. The van der Waals surface area contributed by atoms with Crippen molar-refractivity contribution in [3.63, 3.8) is 0 Å². The topological polar surface area (TPSA) is 43.1 Å². The van der Waals surface area contributed by atoms with Crippen molar-refractivity contribution in [1.29, 1.82) is 0 Å². The maximum Gasteiger partial charge on any atom is 0.214 e. The van der Waals surface area contributed by atoms with E-state index in [1.54, 1.807) is 0 Å². The van der Waals surface area contributed by atoms with Gasteiger partial charge >= 0.3 is 0 Å². The minimum absolute atomic E-state index is 0.333. The van der Waals surface area contributed by atoms with Crippen LogP contribution in [-0.4, -0.2) is 16.1 Å². The van der Waals surface area contributed by atoms with E-state index >= 15 is 0 Å². The lowest BCUT2D eigenvalue weighted by atomic mass is 10.6. The predicted molar refractivity (Wildman–Crippen MR) is 39.9 cm³/mol. The van der Waals surface area contributed by atoms with Gasteiger partial charge in [-0.3, -0.25) is 4.79 Å². The van der Waals surface area contributed by atoms with Crippen LogP contribution in [0.2, 0.25) is 6.04 Å². The van der Waals surface area contributed by atoms with E-state index in [0.717, 1.165) is 0 Å². The molecule has 0 aliphatic carbocycles. The minimum Gasteiger partial charge on any atom is -0.370 e. The zero-order valence-corrected chi connectivity index (χ0v) is 7.90. The molecule has 0 aromatic rings. The van der Waals surface area contributed by atoms with Gasteiger partial charge in [-0.15, -0.1) is 0 Å². The number of carbonyl (C=O) groups excluding carboxylic acids is 1. The van der Waals surface area contributed by atoms with Crippen molar-refractivity contribution < 1.29 is 4.79 Å². The van der Waals surface area contributed by atoms with Crippen molar-refractivity contribution in [1.82, 2.24) is 0 Å². The van der Waals surface area contributed by atoms with E-state index in [4.69, 9.17) is 0 Å². The van der Waals surface area contributed by atoms with E-state index in [-0.39, 0.29) is 5.91 Å². The van der Waals surface area contributed by atoms with E-state index in [1.165, 1.54) is 29.6 Å². The monoisotopic (exact) mass is 133 g/mol. The molecule has 0 saturated heterocycles. The highest BCUT2D eigenvalue weighted by molar-refractivity contribution is 6.08. The summed E-state index contributed by atoms with van der Waals surface area (Å²) in [4.78, 5) is 9.22. The van der Waals surface area contributed by atoms with Crippen molar-refractivity contribution in [3.05, 3.63) is 0 Å². The lowest BCUT2D eigenvalue weighted by Gasteiger charge is -1.67. The molecule has 2 N–H and O–H groups in total. The normalized spacial score (nSPS) is 7.25. The maximum absolute atomic E-state index is 9.22. The van der Waals surface area contributed by atoms with Crippen LogP contribution in [0, 0.1) is 0 Å². The Labute approximate surface area is 53.9 Å². The molecule has 0 spiro atoms. The molecule has 0 aliphatic rings. The summed E-state index contributed by atoms with van der Waals surface area (Å²) in [6.45, 7) is 3.52. The Morgan fingerprint density at radius 1 is 1.75 bits per heavy atom. The fourth-order valence-corrected chi connectivity index (χ4v) is 0. The van der Waals surface area contributed by atoms with Gasteiger partial charge in [0.1, 0.15) is 0 Å². The number of hydrogen-bond acceptors (Lipinski definition) is 1. The van der Waals surface area contributed by atoms with Gasteiger partial charge in [-0.2, -0.15) is 0 Å². The van der Waals surface area contributed by atoms with E-state index < -0.39 is 0 Å². The van der Waals surface area contributed by atoms with Crippen LogP contribution in [-0.2, 0) is 4.79 Å². The third kappa shape index (κ3) is 265. The van der Waals surface area contributed by atoms with E-state index in [1.807, 2.05) is 0 Å². The van der Waals surface area contributed by atoms with Gasteiger partial charge in [0, 0.05) is 17.2 Å². The first-order valence-corrected chi connectivity index (χ1v) is 4.32. The molecule has 1 amide bonds. The Bertz CT molecular complexity index is 50.4. The van der Waals surface area contributed by atoms with Crippen molar-refractivity contribution in [2.75, 3.05) is 0 Å². The molecule has 8 heavy (non-hydrogen) atoms. The Morgan fingerprint density at radius 3 is 1.88 bits per heavy atom. The first-order valence-electron chi connectivity index (χ1n) is 2.91. The van der Waals surface area contributed by atoms with Gasteiger partial charge in [-0.1, -0.05) is 19.4 Å². The van der Waals surface area contributed by atoms with Gasteiger partial charge in [0.2, 0.25) is 5.91 Å². The molecule has 0 aromatic carbocycles. The Balaban J connectivity index is 0. The molecule has 0 atom stereocenters. The first-order chi connectivity index (χ1) is 3.65. The van der Waals surface area contributed by atoms with Gasteiger partial charge in [-0.25, -0.2) is 0 Å². The van der Waals surface area contributed by atoms with E-state index in [9.17, 15) is 4.79 Å². The van der Waals surface area contributed by atoms with Crippen molar-refractivity contribution in [3.8, 4) is 0 Å². The summed E-state index contributed by atoms with van der Waals surface area (Å²) < 4.78 is 0. The van der Waals surface area contributed by atoms with Crippen LogP contribution >= 0.6 is 0 Å². The second-order valence-electron chi connectivity index (χ2n) is 1.61. The molecule has 0 fully saturated rings. The van der Waals surface area contributed by atoms with Crippen molar-refractivity contribution in [2.24, 2.45) is 5.73 Å². The average Bonchev–Trinajstić information content (AvgIpc) is 1.65. The molecular weight excluding hydrogens is 118 g/mol. The lowest BCUT2D eigenvalue weighted by Crippen LogP contribution is -2.01. The molecule has 2 nitrogen and oxygen atoms in total. The molecule has 0 rings (SSSR count). The summed E-state index contributed by atoms with van der Waals surface area (Å²) in [6, 6.07) is 1.46. The number of carbonyl (C=O) groups is 1. The quantitative estimate of drug-likeness (QED) is 0.489. The van der Waals surface area contributed by atoms with Crippen LogP contribution in [0.3, 0.4) is 0 Å². The summed E-state index contributed by atoms with van der Waals surface area (Å²) in [5.41, 5.74) is 4.47. The summed E-state index contributed by atoms with van der Waals surface area (Å²) >= 11 is 0. The smallest absolute Gasteiger partial charge is 0.214 e. The predicted octanol–water partition coefficient (Wildman–Crippen LogP) is -0.328. The van der Waals surface area contributed by atoms with Crippen LogP contribution < -0.4 is 5.73 Å². The Kier molecular flexibility index (Phi) is 13.1. The van der Waals surface area contributed by atoms with Gasteiger partial charge in [0.15, 0.2) is 0 Å². The standard InChI is InChI=1S/C3H10Si.C2H5NO/c1-2-3-4;1-2(3)4/h2-3H2,1,4H3;1H3,(H2,3,4). The maximum atomic E-state index is 9.22. The molecule has 0 radical (unpaired) electrons. The average molecular weight is 133 g/mol. The molecular formula is C5H15NOSi. The Morgan fingerprint density at radius 2 is 1.88 bits per heavy atom. The highest BCUT2D eigenvalue weighted by Crippen LogP contribution is 1.73. The third-order valence-corrected chi connectivity index (χ3v) is 1.50. The SMILES string of the molecule is CC(N)=O.CCC[SiH3]. The molecule has 0 saturated carbocycles.